The van der Waals surface area contributed by atoms with Crippen molar-refractivity contribution in [2.24, 2.45) is 0 Å². The van der Waals surface area contributed by atoms with E-state index in [0.29, 0.717) is 14.8 Å². The van der Waals surface area contributed by atoms with Crippen molar-refractivity contribution in [1.29, 1.82) is 0 Å². The summed E-state index contributed by atoms with van der Waals surface area (Å²) in [6.45, 7) is 1.95. The Hall–Kier alpha value is -2.51. The Balaban J connectivity index is 1.93. The molecule has 1 aliphatic rings. The predicted molar refractivity (Wildman–Crippen MR) is 111 cm³/mol. The van der Waals surface area contributed by atoms with E-state index in [-0.39, 0.29) is 29.2 Å². The zero-order valence-corrected chi connectivity index (χ0v) is 16.8. The van der Waals surface area contributed by atoms with Gasteiger partial charge in [0.2, 0.25) is 5.75 Å². The van der Waals surface area contributed by atoms with Gasteiger partial charge in [-0.2, -0.15) is 0 Å². The highest BCUT2D eigenvalue weighted by Gasteiger charge is 2.36. The highest BCUT2D eigenvalue weighted by atomic mass is 32.2. The Kier molecular flexibility index (Phi) is 5.72. The van der Waals surface area contributed by atoms with Gasteiger partial charge in [-0.3, -0.25) is 9.69 Å². The molecule has 2 aromatic carbocycles. The lowest BCUT2D eigenvalue weighted by molar-refractivity contribution is -0.123. The van der Waals surface area contributed by atoms with Gasteiger partial charge >= 0.3 is 0 Å². The van der Waals surface area contributed by atoms with Crippen LogP contribution >= 0.6 is 24.0 Å². The topological polar surface area (TPSA) is 59.0 Å². The SMILES string of the molecule is COc1cc(/C=C2\SC(=S)N(C(C)c3ccccc3)C2=O)cc(OC)c1O. The van der Waals surface area contributed by atoms with Gasteiger partial charge in [0.25, 0.3) is 5.91 Å². The molecule has 1 fully saturated rings. The third-order valence-corrected chi connectivity index (χ3v) is 5.62. The fraction of sp³-hybridized carbons (Fsp3) is 0.200. The van der Waals surface area contributed by atoms with E-state index in [9.17, 15) is 9.90 Å². The van der Waals surface area contributed by atoms with Crippen molar-refractivity contribution < 1.29 is 19.4 Å². The number of phenols is 1. The van der Waals surface area contributed by atoms with Gasteiger partial charge in [-0.15, -0.1) is 0 Å². The standard InChI is InChI=1S/C20H19NO4S2/c1-12(14-7-5-4-6-8-14)21-19(23)17(27-20(21)26)11-13-9-15(24-2)18(22)16(10-13)25-3/h4-12,22H,1-3H3/b17-11-. The molecule has 7 heteroatoms. The summed E-state index contributed by atoms with van der Waals surface area (Å²) >= 11 is 6.70. The van der Waals surface area contributed by atoms with Crippen molar-refractivity contribution >= 4 is 40.3 Å². The number of ether oxygens (including phenoxy) is 2. The van der Waals surface area contributed by atoms with Gasteiger partial charge in [-0.25, -0.2) is 0 Å². The minimum atomic E-state index is -0.159. The number of rotatable bonds is 5. The highest BCUT2D eigenvalue weighted by molar-refractivity contribution is 8.26. The fourth-order valence-electron chi connectivity index (χ4n) is 2.84. The third kappa shape index (κ3) is 3.79. The first-order valence-electron chi connectivity index (χ1n) is 8.23. The van der Waals surface area contributed by atoms with Crippen LogP contribution in [0.5, 0.6) is 17.2 Å². The number of aromatic hydroxyl groups is 1. The van der Waals surface area contributed by atoms with Gasteiger partial charge in [0.05, 0.1) is 25.2 Å². The molecule has 1 amide bonds. The summed E-state index contributed by atoms with van der Waals surface area (Å²) in [6.07, 6.45) is 1.72. The monoisotopic (exact) mass is 401 g/mol. The maximum Gasteiger partial charge on any atom is 0.266 e. The molecule has 0 aliphatic carbocycles. The minimum absolute atomic E-state index is 0.0811. The molecule has 1 atom stereocenters. The van der Waals surface area contributed by atoms with E-state index in [0.717, 1.165) is 5.56 Å². The van der Waals surface area contributed by atoms with Gasteiger partial charge in [0.1, 0.15) is 4.32 Å². The van der Waals surface area contributed by atoms with Crippen LogP contribution in [-0.4, -0.2) is 34.5 Å². The lowest BCUT2D eigenvalue weighted by Gasteiger charge is -2.23. The van der Waals surface area contributed by atoms with Crippen LogP contribution in [0, 0.1) is 0 Å². The summed E-state index contributed by atoms with van der Waals surface area (Å²) in [6, 6.07) is 12.9. The molecule has 3 rings (SSSR count). The summed E-state index contributed by atoms with van der Waals surface area (Å²) in [5.74, 6) is 0.317. The van der Waals surface area contributed by atoms with E-state index in [2.05, 4.69) is 0 Å². The molecule has 0 radical (unpaired) electrons. The van der Waals surface area contributed by atoms with Crippen molar-refractivity contribution in [3.05, 3.63) is 58.5 Å². The van der Waals surface area contributed by atoms with E-state index in [1.54, 1.807) is 23.1 Å². The first-order chi connectivity index (χ1) is 13.0. The average molecular weight is 402 g/mol. The number of nitrogens with zero attached hydrogens (tertiary/aromatic N) is 1. The molecule has 140 valence electrons. The zero-order chi connectivity index (χ0) is 19.6. The number of thiocarbonyl (C=S) groups is 1. The number of phenolic OH excluding ortho intramolecular Hbond substituents is 1. The van der Waals surface area contributed by atoms with E-state index in [1.165, 1.54) is 26.0 Å². The number of hydrogen-bond donors (Lipinski definition) is 1. The summed E-state index contributed by atoms with van der Waals surface area (Å²) in [5, 5.41) is 10.0. The first-order valence-corrected chi connectivity index (χ1v) is 9.45. The second-order valence-corrected chi connectivity index (χ2v) is 7.59. The average Bonchev–Trinajstić information content (AvgIpc) is 2.96. The summed E-state index contributed by atoms with van der Waals surface area (Å²) in [7, 11) is 2.92. The number of hydrogen-bond acceptors (Lipinski definition) is 6. The lowest BCUT2D eigenvalue weighted by Crippen LogP contribution is -2.30. The van der Waals surface area contributed by atoms with Crippen LogP contribution in [0.2, 0.25) is 0 Å². The van der Waals surface area contributed by atoms with E-state index < -0.39 is 0 Å². The molecular formula is C20H19NO4S2. The normalized spacial score (nSPS) is 16.7. The Morgan fingerprint density at radius 2 is 1.74 bits per heavy atom. The molecule has 0 saturated carbocycles. The van der Waals surface area contributed by atoms with Crippen LogP contribution in [0.15, 0.2) is 47.4 Å². The maximum absolute atomic E-state index is 12.9. The molecule has 1 unspecified atom stereocenters. The fourth-order valence-corrected chi connectivity index (χ4v) is 4.26. The van der Waals surface area contributed by atoms with Gasteiger partial charge in [-0.05, 0) is 36.3 Å². The van der Waals surface area contributed by atoms with Crippen molar-refractivity contribution in [2.45, 2.75) is 13.0 Å². The van der Waals surface area contributed by atoms with Gasteiger partial charge in [0.15, 0.2) is 11.5 Å². The highest BCUT2D eigenvalue weighted by Crippen LogP contribution is 2.41. The second-order valence-electron chi connectivity index (χ2n) is 5.91. The number of carbonyl (C=O) groups excluding carboxylic acids is 1. The largest absolute Gasteiger partial charge is 0.502 e. The molecule has 0 bridgehead atoms. The molecule has 0 spiro atoms. The second kappa shape index (κ2) is 8.02. The Bertz CT molecular complexity index is 886. The van der Waals surface area contributed by atoms with Crippen LogP contribution < -0.4 is 9.47 Å². The molecule has 2 aromatic rings. The Morgan fingerprint density at radius 1 is 1.15 bits per heavy atom. The number of benzene rings is 2. The van der Waals surface area contributed by atoms with E-state index in [1.807, 2.05) is 37.3 Å². The maximum atomic E-state index is 12.9. The van der Waals surface area contributed by atoms with Crippen LogP contribution in [0.25, 0.3) is 6.08 Å². The first kappa shape index (κ1) is 19.3. The van der Waals surface area contributed by atoms with E-state index >= 15 is 0 Å². The molecule has 1 N–H and O–H groups in total. The van der Waals surface area contributed by atoms with Crippen LogP contribution in [0.3, 0.4) is 0 Å². The van der Waals surface area contributed by atoms with Crippen LogP contribution in [0.4, 0.5) is 0 Å². The molecule has 1 aliphatic heterocycles. The third-order valence-electron chi connectivity index (χ3n) is 4.29. The quantitative estimate of drug-likeness (QED) is 0.593. The predicted octanol–water partition coefficient (Wildman–Crippen LogP) is 4.37. The molecular weight excluding hydrogens is 382 g/mol. The summed E-state index contributed by atoms with van der Waals surface area (Å²) in [4.78, 5) is 15.1. The number of amides is 1. The number of carbonyl (C=O) groups is 1. The number of methoxy groups -OCH3 is 2. The molecule has 0 aromatic heterocycles. The lowest BCUT2D eigenvalue weighted by atomic mass is 10.1. The van der Waals surface area contributed by atoms with Crippen molar-refractivity contribution in [3.63, 3.8) is 0 Å². The van der Waals surface area contributed by atoms with E-state index in [4.69, 9.17) is 21.7 Å². The number of thioether (sulfide) groups is 1. The smallest absolute Gasteiger partial charge is 0.266 e. The van der Waals surface area contributed by atoms with Crippen LogP contribution in [-0.2, 0) is 4.79 Å². The van der Waals surface area contributed by atoms with Gasteiger partial charge < -0.3 is 14.6 Å². The Morgan fingerprint density at radius 3 is 2.30 bits per heavy atom. The molecule has 5 nitrogen and oxygen atoms in total. The summed E-state index contributed by atoms with van der Waals surface area (Å²) < 4.78 is 10.9. The minimum Gasteiger partial charge on any atom is -0.502 e. The van der Waals surface area contributed by atoms with Gasteiger partial charge in [0, 0.05) is 0 Å². The Labute approximate surface area is 167 Å². The summed E-state index contributed by atoms with van der Waals surface area (Å²) in [5.41, 5.74) is 1.69. The van der Waals surface area contributed by atoms with Crippen molar-refractivity contribution in [1.82, 2.24) is 4.90 Å². The molecule has 27 heavy (non-hydrogen) atoms. The van der Waals surface area contributed by atoms with Crippen LogP contribution in [0.1, 0.15) is 24.1 Å². The molecule has 1 heterocycles. The molecule has 1 saturated heterocycles. The van der Waals surface area contributed by atoms with Crippen molar-refractivity contribution in [3.8, 4) is 17.2 Å². The van der Waals surface area contributed by atoms with Gasteiger partial charge in [-0.1, -0.05) is 54.3 Å². The van der Waals surface area contributed by atoms with Crippen molar-refractivity contribution in [2.75, 3.05) is 14.2 Å². The zero-order valence-electron chi connectivity index (χ0n) is 15.1.